The Kier molecular flexibility index (Phi) is 4.28. The van der Waals surface area contributed by atoms with Gasteiger partial charge in [0.2, 0.25) is 5.88 Å². The van der Waals surface area contributed by atoms with Crippen molar-refractivity contribution in [2.24, 2.45) is 0 Å². The zero-order chi connectivity index (χ0) is 10.4. The number of ether oxygens (including phenoxy) is 1. The molecule has 1 heterocycles. The second-order valence-electron chi connectivity index (χ2n) is 2.78. The van der Waals surface area contributed by atoms with Crippen molar-refractivity contribution in [1.82, 2.24) is 4.98 Å². The van der Waals surface area contributed by atoms with Crippen molar-refractivity contribution in [3.8, 4) is 17.7 Å². The van der Waals surface area contributed by atoms with Crippen LogP contribution >= 0.6 is 11.6 Å². The maximum absolute atomic E-state index is 5.52. The molecule has 0 radical (unpaired) electrons. The lowest BCUT2D eigenvalue weighted by atomic mass is 10.1. The van der Waals surface area contributed by atoms with E-state index < -0.39 is 0 Å². The van der Waals surface area contributed by atoms with Crippen LogP contribution < -0.4 is 4.74 Å². The van der Waals surface area contributed by atoms with Gasteiger partial charge in [0, 0.05) is 30.1 Å². The van der Waals surface area contributed by atoms with E-state index in [0.717, 1.165) is 11.1 Å². The Labute approximate surface area is 89.3 Å². The second-order valence-corrected chi connectivity index (χ2v) is 3.16. The van der Waals surface area contributed by atoms with Crippen molar-refractivity contribution in [1.29, 1.82) is 0 Å². The minimum absolute atomic E-state index is 0.565. The van der Waals surface area contributed by atoms with E-state index in [-0.39, 0.29) is 0 Å². The van der Waals surface area contributed by atoms with Crippen LogP contribution in [0.1, 0.15) is 17.5 Å². The van der Waals surface area contributed by atoms with Crippen LogP contribution in [0.3, 0.4) is 0 Å². The van der Waals surface area contributed by atoms with Crippen molar-refractivity contribution in [3.63, 3.8) is 0 Å². The summed E-state index contributed by atoms with van der Waals surface area (Å²) in [5, 5.41) is 0. The van der Waals surface area contributed by atoms with Gasteiger partial charge in [0.15, 0.2) is 0 Å². The van der Waals surface area contributed by atoms with E-state index >= 15 is 0 Å². The summed E-state index contributed by atoms with van der Waals surface area (Å²) in [6.45, 7) is 1.98. The number of aromatic nitrogens is 1. The average molecular weight is 210 g/mol. The van der Waals surface area contributed by atoms with E-state index in [1.165, 1.54) is 0 Å². The quantitative estimate of drug-likeness (QED) is 0.551. The third-order valence-electron chi connectivity index (χ3n) is 1.74. The summed E-state index contributed by atoms with van der Waals surface area (Å²) in [5.74, 6) is 7.16. The van der Waals surface area contributed by atoms with Gasteiger partial charge in [-0.3, -0.25) is 0 Å². The lowest BCUT2D eigenvalue weighted by Crippen LogP contribution is -1.90. The van der Waals surface area contributed by atoms with Crippen LogP contribution in [-0.2, 0) is 0 Å². The molecular formula is C11H12ClNO. The molecular weight excluding hydrogens is 198 g/mol. The monoisotopic (exact) mass is 209 g/mol. The average Bonchev–Trinajstić information content (AvgIpc) is 2.20. The van der Waals surface area contributed by atoms with E-state index in [9.17, 15) is 0 Å². The first-order valence-corrected chi connectivity index (χ1v) is 4.87. The number of methoxy groups -OCH3 is 1. The van der Waals surface area contributed by atoms with E-state index in [4.69, 9.17) is 16.3 Å². The Morgan fingerprint density at radius 3 is 2.93 bits per heavy atom. The first kappa shape index (κ1) is 10.9. The number of halogens is 1. The number of hydrogen-bond donors (Lipinski definition) is 0. The number of aryl methyl sites for hydroxylation is 1. The van der Waals surface area contributed by atoms with Gasteiger partial charge < -0.3 is 4.74 Å². The standard InChI is InChI=1S/C11H12ClNO/c1-9-7-11(14-2)13-8-10(9)5-3-4-6-12/h7-8H,4,6H2,1-2H3. The zero-order valence-electron chi connectivity index (χ0n) is 8.30. The van der Waals surface area contributed by atoms with Gasteiger partial charge in [-0.1, -0.05) is 11.8 Å². The maximum Gasteiger partial charge on any atom is 0.213 e. The molecule has 2 nitrogen and oxygen atoms in total. The summed E-state index contributed by atoms with van der Waals surface area (Å²) in [4.78, 5) is 4.08. The lowest BCUT2D eigenvalue weighted by Gasteiger charge is -2.00. The molecule has 0 amide bonds. The van der Waals surface area contributed by atoms with Crippen LogP contribution in [0.25, 0.3) is 0 Å². The van der Waals surface area contributed by atoms with Gasteiger partial charge in [-0.15, -0.1) is 11.6 Å². The molecule has 0 atom stereocenters. The third kappa shape index (κ3) is 2.93. The summed E-state index contributed by atoms with van der Waals surface area (Å²) < 4.78 is 5.00. The van der Waals surface area contributed by atoms with Gasteiger partial charge in [-0.05, 0) is 12.5 Å². The van der Waals surface area contributed by atoms with Gasteiger partial charge >= 0.3 is 0 Å². The topological polar surface area (TPSA) is 22.1 Å². The van der Waals surface area contributed by atoms with E-state index in [0.29, 0.717) is 18.2 Å². The molecule has 0 aliphatic rings. The smallest absolute Gasteiger partial charge is 0.213 e. The second kappa shape index (κ2) is 5.51. The van der Waals surface area contributed by atoms with Gasteiger partial charge in [-0.25, -0.2) is 4.98 Å². The molecule has 1 aromatic rings. The van der Waals surface area contributed by atoms with Crippen molar-refractivity contribution in [2.45, 2.75) is 13.3 Å². The number of rotatable bonds is 2. The molecule has 0 spiro atoms. The van der Waals surface area contributed by atoms with Crippen molar-refractivity contribution in [2.75, 3.05) is 13.0 Å². The van der Waals surface area contributed by atoms with Crippen LogP contribution in [-0.4, -0.2) is 18.0 Å². The largest absolute Gasteiger partial charge is 0.481 e. The first-order valence-electron chi connectivity index (χ1n) is 4.33. The molecule has 74 valence electrons. The van der Waals surface area contributed by atoms with Gasteiger partial charge in [0.1, 0.15) is 0 Å². The molecule has 0 fully saturated rings. The molecule has 0 aromatic carbocycles. The summed E-state index contributed by atoms with van der Waals surface area (Å²) in [6, 6.07) is 1.87. The molecule has 0 bridgehead atoms. The minimum atomic E-state index is 0.565. The number of hydrogen-bond acceptors (Lipinski definition) is 2. The third-order valence-corrected chi connectivity index (χ3v) is 1.93. The van der Waals surface area contributed by atoms with Crippen LogP contribution in [0.4, 0.5) is 0 Å². The highest BCUT2D eigenvalue weighted by Gasteiger charge is 1.97. The normalized spacial score (nSPS) is 9.07. The summed E-state index contributed by atoms with van der Waals surface area (Å²) in [5.41, 5.74) is 2.00. The van der Waals surface area contributed by atoms with Crippen molar-refractivity contribution >= 4 is 11.6 Å². The first-order chi connectivity index (χ1) is 6.77. The predicted octanol–water partition coefficient (Wildman–Crippen LogP) is 2.38. The lowest BCUT2D eigenvalue weighted by molar-refractivity contribution is 0.397. The highest BCUT2D eigenvalue weighted by molar-refractivity contribution is 6.18. The number of alkyl halides is 1. The van der Waals surface area contributed by atoms with Crippen LogP contribution in [0.15, 0.2) is 12.3 Å². The van der Waals surface area contributed by atoms with Gasteiger partial charge in [-0.2, -0.15) is 0 Å². The van der Waals surface area contributed by atoms with Crippen LogP contribution in [0.5, 0.6) is 5.88 Å². The molecule has 0 aliphatic carbocycles. The molecule has 14 heavy (non-hydrogen) atoms. The molecule has 0 saturated heterocycles. The predicted molar refractivity (Wildman–Crippen MR) is 57.7 cm³/mol. The highest BCUT2D eigenvalue weighted by atomic mass is 35.5. The number of nitrogens with zero attached hydrogens (tertiary/aromatic N) is 1. The molecule has 0 unspecified atom stereocenters. The van der Waals surface area contributed by atoms with E-state index in [2.05, 4.69) is 16.8 Å². The van der Waals surface area contributed by atoms with E-state index in [1.807, 2.05) is 13.0 Å². The SMILES string of the molecule is COc1cc(C)c(C#CCCCl)cn1. The minimum Gasteiger partial charge on any atom is -0.481 e. The Hall–Kier alpha value is -1.20. The Bertz CT molecular complexity index is 365. The van der Waals surface area contributed by atoms with Crippen molar-refractivity contribution in [3.05, 3.63) is 23.4 Å². The fourth-order valence-corrected chi connectivity index (χ4v) is 1.07. The molecule has 3 heteroatoms. The summed E-state index contributed by atoms with van der Waals surface area (Å²) in [7, 11) is 1.60. The molecule has 1 rings (SSSR count). The van der Waals surface area contributed by atoms with Crippen LogP contribution in [0.2, 0.25) is 0 Å². The van der Waals surface area contributed by atoms with Gasteiger partial charge in [0.25, 0.3) is 0 Å². The van der Waals surface area contributed by atoms with E-state index in [1.54, 1.807) is 13.3 Å². The fourth-order valence-electron chi connectivity index (χ4n) is 0.978. The summed E-state index contributed by atoms with van der Waals surface area (Å²) >= 11 is 5.52. The highest BCUT2D eigenvalue weighted by Crippen LogP contribution is 2.11. The summed E-state index contributed by atoms with van der Waals surface area (Å²) in [6.07, 6.45) is 2.42. The zero-order valence-corrected chi connectivity index (χ0v) is 9.06. The van der Waals surface area contributed by atoms with Crippen LogP contribution in [0, 0.1) is 18.8 Å². The van der Waals surface area contributed by atoms with Gasteiger partial charge in [0.05, 0.1) is 7.11 Å². The molecule has 0 saturated carbocycles. The molecule has 1 aromatic heterocycles. The Morgan fingerprint density at radius 1 is 1.57 bits per heavy atom. The fraction of sp³-hybridized carbons (Fsp3) is 0.364. The number of pyridine rings is 1. The molecule has 0 N–H and O–H groups in total. The molecule has 0 aliphatic heterocycles. The van der Waals surface area contributed by atoms with Crippen molar-refractivity contribution < 1.29 is 4.74 Å². The Balaban J connectivity index is 2.85. The Morgan fingerprint density at radius 2 is 2.36 bits per heavy atom. The maximum atomic E-state index is 5.52.